The summed E-state index contributed by atoms with van der Waals surface area (Å²) in [6.07, 6.45) is 7.75. The standard InChI is InChI=1S/C20H32N2O4S2/c1-16-8-7-9-17(2)22(16)28(25,26)20-14-12-19(13-15-20)27(23,24)21(3)18-10-5-4-6-11-18/h12-18H,4-11H2,1-3H3. The Kier molecular flexibility index (Phi) is 6.54. The van der Waals surface area contributed by atoms with Gasteiger partial charge in [-0.15, -0.1) is 0 Å². The fourth-order valence-electron chi connectivity index (χ4n) is 4.58. The molecule has 8 heteroatoms. The number of nitrogens with zero attached hydrogens (tertiary/aromatic N) is 2. The Hall–Kier alpha value is -0.960. The molecule has 0 bridgehead atoms. The van der Waals surface area contributed by atoms with Crippen LogP contribution in [0.2, 0.25) is 0 Å². The zero-order chi connectivity index (χ0) is 20.5. The molecule has 1 saturated carbocycles. The summed E-state index contributed by atoms with van der Waals surface area (Å²) in [6.45, 7) is 3.87. The Morgan fingerprint density at radius 3 is 1.82 bits per heavy atom. The van der Waals surface area contributed by atoms with Gasteiger partial charge in [-0.1, -0.05) is 25.7 Å². The van der Waals surface area contributed by atoms with Crippen molar-refractivity contribution >= 4 is 20.0 Å². The summed E-state index contributed by atoms with van der Waals surface area (Å²) < 4.78 is 55.2. The lowest BCUT2D eigenvalue weighted by Crippen LogP contribution is -2.47. The highest BCUT2D eigenvalue weighted by Crippen LogP contribution is 2.31. The van der Waals surface area contributed by atoms with Crippen LogP contribution in [0.15, 0.2) is 34.1 Å². The normalized spacial score (nSPS) is 25.9. The predicted octanol–water partition coefficient (Wildman–Crippen LogP) is 3.59. The molecule has 6 nitrogen and oxygen atoms in total. The van der Waals surface area contributed by atoms with E-state index >= 15 is 0 Å². The monoisotopic (exact) mass is 428 g/mol. The van der Waals surface area contributed by atoms with Gasteiger partial charge >= 0.3 is 0 Å². The number of benzene rings is 1. The third-order valence-electron chi connectivity index (χ3n) is 6.28. The van der Waals surface area contributed by atoms with Crippen molar-refractivity contribution in [3.05, 3.63) is 24.3 Å². The first-order chi connectivity index (χ1) is 13.2. The zero-order valence-electron chi connectivity index (χ0n) is 17.0. The highest BCUT2D eigenvalue weighted by Gasteiger charge is 2.36. The highest BCUT2D eigenvalue weighted by atomic mass is 32.2. The molecule has 28 heavy (non-hydrogen) atoms. The van der Waals surface area contributed by atoms with Crippen LogP contribution in [0.1, 0.15) is 65.2 Å². The fraction of sp³-hybridized carbons (Fsp3) is 0.700. The maximum Gasteiger partial charge on any atom is 0.243 e. The number of rotatable bonds is 5. The number of piperidine rings is 1. The summed E-state index contributed by atoms with van der Waals surface area (Å²) in [5.41, 5.74) is 0. The molecule has 1 heterocycles. The molecule has 1 aliphatic carbocycles. The van der Waals surface area contributed by atoms with E-state index in [1.807, 2.05) is 13.8 Å². The average Bonchev–Trinajstić information content (AvgIpc) is 2.68. The molecule has 1 aromatic carbocycles. The fourth-order valence-corrected chi connectivity index (χ4v) is 7.88. The maximum absolute atomic E-state index is 13.1. The Bertz CT molecular complexity index is 865. The van der Waals surface area contributed by atoms with E-state index in [1.165, 1.54) is 28.6 Å². The van der Waals surface area contributed by atoms with E-state index < -0.39 is 20.0 Å². The molecule has 0 spiro atoms. The summed E-state index contributed by atoms with van der Waals surface area (Å²) in [5.74, 6) is 0. The first kappa shape index (κ1) is 21.7. The summed E-state index contributed by atoms with van der Waals surface area (Å²) in [7, 11) is -5.63. The number of hydrogen-bond donors (Lipinski definition) is 0. The number of hydrogen-bond acceptors (Lipinski definition) is 4. The first-order valence-corrected chi connectivity index (χ1v) is 13.2. The van der Waals surface area contributed by atoms with Crippen LogP contribution in [0.25, 0.3) is 0 Å². The largest absolute Gasteiger partial charge is 0.243 e. The van der Waals surface area contributed by atoms with E-state index in [0.717, 1.165) is 51.4 Å². The minimum atomic E-state index is -3.64. The van der Waals surface area contributed by atoms with Gasteiger partial charge in [0.1, 0.15) is 0 Å². The van der Waals surface area contributed by atoms with Gasteiger partial charge in [0.25, 0.3) is 0 Å². The van der Waals surface area contributed by atoms with Crippen LogP contribution in [0.5, 0.6) is 0 Å². The van der Waals surface area contributed by atoms with E-state index in [2.05, 4.69) is 0 Å². The Morgan fingerprint density at radius 2 is 1.29 bits per heavy atom. The topological polar surface area (TPSA) is 74.8 Å². The highest BCUT2D eigenvalue weighted by molar-refractivity contribution is 7.89. The van der Waals surface area contributed by atoms with Crippen molar-refractivity contribution in [1.29, 1.82) is 0 Å². The third-order valence-corrected chi connectivity index (χ3v) is 10.3. The maximum atomic E-state index is 13.1. The van der Waals surface area contributed by atoms with Crippen LogP contribution in [0.4, 0.5) is 0 Å². The van der Waals surface area contributed by atoms with E-state index in [9.17, 15) is 16.8 Å². The lowest BCUT2D eigenvalue weighted by molar-refractivity contribution is 0.204. The molecule has 1 aliphatic heterocycles. The van der Waals surface area contributed by atoms with Crippen LogP contribution in [0, 0.1) is 0 Å². The lowest BCUT2D eigenvalue weighted by atomic mass is 9.96. The van der Waals surface area contributed by atoms with Crippen molar-refractivity contribution in [3.63, 3.8) is 0 Å². The van der Waals surface area contributed by atoms with E-state index in [4.69, 9.17) is 0 Å². The van der Waals surface area contributed by atoms with E-state index in [0.29, 0.717) is 0 Å². The van der Waals surface area contributed by atoms with Gasteiger partial charge in [0.15, 0.2) is 0 Å². The minimum absolute atomic E-state index is 0.0252. The molecule has 158 valence electrons. The second-order valence-electron chi connectivity index (χ2n) is 8.25. The first-order valence-electron chi connectivity index (χ1n) is 10.3. The smallest absolute Gasteiger partial charge is 0.207 e. The molecule has 2 fully saturated rings. The zero-order valence-corrected chi connectivity index (χ0v) is 18.7. The molecule has 1 saturated heterocycles. The van der Waals surface area contributed by atoms with E-state index in [-0.39, 0.29) is 27.9 Å². The molecule has 2 atom stereocenters. The average molecular weight is 429 g/mol. The van der Waals surface area contributed by atoms with Crippen molar-refractivity contribution < 1.29 is 16.8 Å². The quantitative estimate of drug-likeness (QED) is 0.718. The second kappa shape index (κ2) is 8.42. The van der Waals surface area contributed by atoms with Gasteiger partial charge in [-0.25, -0.2) is 16.8 Å². The molecule has 2 unspecified atom stereocenters. The molecular formula is C20H32N2O4S2. The van der Waals surface area contributed by atoms with Crippen molar-refractivity contribution in [1.82, 2.24) is 8.61 Å². The number of sulfonamides is 2. The Balaban J connectivity index is 1.84. The van der Waals surface area contributed by atoms with Crippen LogP contribution in [0.3, 0.4) is 0 Å². The van der Waals surface area contributed by atoms with Crippen LogP contribution in [-0.4, -0.2) is 50.6 Å². The Morgan fingerprint density at radius 1 is 0.786 bits per heavy atom. The SMILES string of the molecule is CC1CCCC(C)N1S(=O)(=O)c1ccc(S(=O)(=O)N(C)C2CCCCC2)cc1. The van der Waals surface area contributed by atoms with Gasteiger partial charge in [-0.3, -0.25) is 0 Å². The van der Waals surface area contributed by atoms with Crippen molar-refractivity contribution in [2.24, 2.45) is 0 Å². The van der Waals surface area contributed by atoms with E-state index in [1.54, 1.807) is 11.4 Å². The minimum Gasteiger partial charge on any atom is -0.207 e. The van der Waals surface area contributed by atoms with Gasteiger partial charge in [-0.2, -0.15) is 8.61 Å². The van der Waals surface area contributed by atoms with Crippen molar-refractivity contribution in [3.8, 4) is 0 Å². The van der Waals surface area contributed by atoms with Crippen LogP contribution >= 0.6 is 0 Å². The summed E-state index contributed by atoms with van der Waals surface area (Å²) in [4.78, 5) is 0.312. The van der Waals surface area contributed by atoms with Crippen LogP contribution in [-0.2, 0) is 20.0 Å². The summed E-state index contributed by atoms with van der Waals surface area (Å²) >= 11 is 0. The molecule has 0 N–H and O–H groups in total. The Labute approximate surface area is 170 Å². The van der Waals surface area contributed by atoms with Gasteiger partial charge < -0.3 is 0 Å². The summed E-state index contributed by atoms with van der Waals surface area (Å²) in [5, 5.41) is 0. The summed E-state index contributed by atoms with van der Waals surface area (Å²) in [6, 6.07) is 5.67. The second-order valence-corrected chi connectivity index (χ2v) is 12.1. The predicted molar refractivity (Wildman–Crippen MR) is 110 cm³/mol. The van der Waals surface area contributed by atoms with Crippen LogP contribution < -0.4 is 0 Å². The molecule has 2 aliphatic rings. The van der Waals surface area contributed by atoms with Gasteiger partial charge in [0.2, 0.25) is 20.0 Å². The van der Waals surface area contributed by atoms with Crippen molar-refractivity contribution in [2.45, 2.75) is 93.1 Å². The molecule has 0 radical (unpaired) electrons. The van der Waals surface area contributed by atoms with Crippen molar-refractivity contribution in [2.75, 3.05) is 7.05 Å². The molecular weight excluding hydrogens is 396 g/mol. The molecule has 0 aromatic heterocycles. The molecule has 1 aromatic rings. The van der Waals surface area contributed by atoms with Gasteiger partial charge in [0, 0.05) is 25.2 Å². The lowest BCUT2D eigenvalue weighted by Gasteiger charge is -2.37. The van der Waals surface area contributed by atoms with Gasteiger partial charge in [0.05, 0.1) is 9.79 Å². The molecule has 3 rings (SSSR count). The van der Waals surface area contributed by atoms with Gasteiger partial charge in [-0.05, 0) is 63.8 Å². The third kappa shape index (κ3) is 4.15. The molecule has 0 amide bonds.